The zero-order valence-electron chi connectivity index (χ0n) is 7.74. The van der Waals surface area contributed by atoms with Gasteiger partial charge >= 0.3 is 0 Å². The lowest BCUT2D eigenvalue weighted by Gasteiger charge is -2.01. The smallest absolute Gasteiger partial charge is 0.144 e. The van der Waals surface area contributed by atoms with Gasteiger partial charge in [0.2, 0.25) is 0 Å². The van der Waals surface area contributed by atoms with Gasteiger partial charge in [0.05, 0.1) is 17.1 Å². The molecule has 0 aliphatic heterocycles. The Hall–Kier alpha value is -1.77. The number of pyridine rings is 2. The maximum absolute atomic E-state index is 12.9. The Morgan fingerprint density at radius 3 is 2.57 bits per heavy atom. The van der Waals surface area contributed by atoms with E-state index in [0.29, 0.717) is 11.4 Å². The summed E-state index contributed by atoms with van der Waals surface area (Å²) in [4.78, 5) is 8.24. The monoisotopic (exact) mass is 188 g/mol. The summed E-state index contributed by atoms with van der Waals surface area (Å²) in [5.74, 6) is -0.287. The number of halogens is 1. The molecule has 14 heavy (non-hydrogen) atoms. The van der Waals surface area contributed by atoms with E-state index in [-0.39, 0.29) is 5.82 Å². The van der Waals surface area contributed by atoms with E-state index in [1.165, 1.54) is 6.07 Å². The van der Waals surface area contributed by atoms with Crippen LogP contribution in [-0.2, 0) is 0 Å². The van der Waals surface area contributed by atoms with Crippen molar-refractivity contribution in [3.63, 3.8) is 0 Å². The first-order valence-corrected chi connectivity index (χ1v) is 4.32. The zero-order valence-corrected chi connectivity index (χ0v) is 7.74. The fourth-order valence-corrected chi connectivity index (χ4v) is 1.20. The second-order valence-electron chi connectivity index (χ2n) is 2.98. The fraction of sp³-hybridized carbons (Fsp3) is 0.0909. The molecule has 2 nitrogen and oxygen atoms in total. The van der Waals surface area contributed by atoms with Crippen molar-refractivity contribution < 1.29 is 4.39 Å². The first-order valence-electron chi connectivity index (χ1n) is 4.32. The minimum absolute atomic E-state index is 0.287. The summed E-state index contributed by atoms with van der Waals surface area (Å²) in [5.41, 5.74) is 1.85. The molecule has 0 radical (unpaired) electrons. The number of rotatable bonds is 1. The van der Waals surface area contributed by atoms with Crippen LogP contribution in [0.3, 0.4) is 0 Å². The van der Waals surface area contributed by atoms with Crippen LogP contribution in [0.5, 0.6) is 0 Å². The minimum Gasteiger partial charge on any atom is -0.255 e. The quantitative estimate of drug-likeness (QED) is 0.687. The number of aryl methyl sites for hydroxylation is 1. The first kappa shape index (κ1) is 8.81. The van der Waals surface area contributed by atoms with Crippen LogP contribution in [0, 0.1) is 12.7 Å². The predicted molar refractivity (Wildman–Crippen MR) is 52.2 cm³/mol. The van der Waals surface area contributed by atoms with Crippen LogP contribution >= 0.6 is 0 Å². The van der Waals surface area contributed by atoms with E-state index in [0.717, 1.165) is 5.69 Å². The van der Waals surface area contributed by atoms with Gasteiger partial charge in [0.25, 0.3) is 0 Å². The average Bonchev–Trinajstić information content (AvgIpc) is 2.23. The van der Waals surface area contributed by atoms with Crippen LogP contribution in [-0.4, -0.2) is 9.97 Å². The number of aromatic nitrogens is 2. The largest absolute Gasteiger partial charge is 0.255 e. The molecule has 0 aliphatic carbocycles. The zero-order chi connectivity index (χ0) is 9.97. The van der Waals surface area contributed by atoms with Gasteiger partial charge in [-0.05, 0) is 31.2 Å². The van der Waals surface area contributed by atoms with Gasteiger partial charge < -0.3 is 0 Å². The molecular formula is C11H9FN2. The molecule has 2 rings (SSSR count). The van der Waals surface area contributed by atoms with Crippen LogP contribution in [0.25, 0.3) is 11.4 Å². The van der Waals surface area contributed by atoms with Crippen molar-refractivity contribution in [2.45, 2.75) is 6.92 Å². The lowest BCUT2D eigenvalue weighted by atomic mass is 10.2. The molecule has 0 atom stereocenters. The number of hydrogen-bond acceptors (Lipinski definition) is 2. The topological polar surface area (TPSA) is 25.8 Å². The third-order valence-electron chi connectivity index (χ3n) is 1.95. The normalized spacial score (nSPS) is 10.1. The highest BCUT2D eigenvalue weighted by atomic mass is 19.1. The second kappa shape index (κ2) is 3.54. The summed E-state index contributed by atoms with van der Waals surface area (Å²) in [5, 5.41) is 0. The van der Waals surface area contributed by atoms with Gasteiger partial charge in [0, 0.05) is 6.20 Å². The van der Waals surface area contributed by atoms with Gasteiger partial charge in [-0.15, -0.1) is 0 Å². The van der Waals surface area contributed by atoms with Crippen molar-refractivity contribution in [1.82, 2.24) is 9.97 Å². The van der Waals surface area contributed by atoms with Gasteiger partial charge in [0.15, 0.2) is 0 Å². The highest BCUT2D eigenvalue weighted by molar-refractivity contribution is 5.53. The molecule has 0 saturated carbocycles. The lowest BCUT2D eigenvalue weighted by molar-refractivity contribution is 0.610. The van der Waals surface area contributed by atoms with Crippen molar-refractivity contribution in [2.24, 2.45) is 0 Å². The Morgan fingerprint density at radius 1 is 1.07 bits per heavy atom. The molecule has 0 unspecified atom stereocenters. The molecule has 0 bridgehead atoms. The predicted octanol–water partition coefficient (Wildman–Crippen LogP) is 2.59. The molecule has 2 heterocycles. The lowest BCUT2D eigenvalue weighted by Crippen LogP contribution is -1.92. The average molecular weight is 188 g/mol. The first-order chi connectivity index (χ1) is 6.77. The number of hydrogen-bond donors (Lipinski definition) is 0. The molecule has 0 N–H and O–H groups in total. The molecule has 0 amide bonds. The molecule has 0 fully saturated rings. The highest BCUT2D eigenvalue weighted by Gasteiger charge is 2.03. The molecular weight excluding hydrogens is 179 g/mol. The Labute approximate surface area is 81.5 Å². The van der Waals surface area contributed by atoms with Crippen LogP contribution in [0.2, 0.25) is 0 Å². The molecule has 2 aromatic rings. The van der Waals surface area contributed by atoms with Crippen molar-refractivity contribution in [3.8, 4) is 11.4 Å². The maximum Gasteiger partial charge on any atom is 0.144 e. The summed E-state index contributed by atoms with van der Waals surface area (Å²) < 4.78 is 12.9. The Balaban J connectivity index is 2.48. The van der Waals surface area contributed by atoms with E-state index in [1.54, 1.807) is 19.2 Å². The Kier molecular flexibility index (Phi) is 2.23. The molecule has 0 aliphatic rings. The van der Waals surface area contributed by atoms with Gasteiger partial charge in [-0.3, -0.25) is 4.98 Å². The molecule has 0 saturated heterocycles. The summed E-state index contributed by atoms with van der Waals surface area (Å²) in [6, 6.07) is 8.60. The van der Waals surface area contributed by atoms with Crippen molar-refractivity contribution in [2.75, 3.05) is 0 Å². The van der Waals surface area contributed by atoms with Crippen molar-refractivity contribution >= 4 is 0 Å². The fourth-order valence-electron chi connectivity index (χ4n) is 1.20. The second-order valence-corrected chi connectivity index (χ2v) is 2.98. The number of nitrogens with zero attached hydrogens (tertiary/aromatic N) is 2. The third-order valence-corrected chi connectivity index (χ3v) is 1.95. The van der Waals surface area contributed by atoms with E-state index in [1.807, 2.05) is 18.2 Å². The Morgan fingerprint density at radius 2 is 1.93 bits per heavy atom. The SMILES string of the molecule is Cc1nc(-c2ccccn2)ccc1F. The minimum atomic E-state index is -0.287. The van der Waals surface area contributed by atoms with Gasteiger partial charge in [-0.25, -0.2) is 9.37 Å². The molecule has 70 valence electrons. The van der Waals surface area contributed by atoms with E-state index in [9.17, 15) is 4.39 Å². The van der Waals surface area contributed by atoms with Crippen molar-refractivity contribution in [3.05, 3.63) is 48.0 Å². The molecule has 3 heteroatoms. The standard InChI is InChI=1S/C11H9FN2/c1-8-9(12)5-6-11(14-8)10-4-2-3-7-13-10/h2-7H,1H3. The van der Waals surface area contributed by atoms with E-state index in [2.05, 4.69) is 9.97 Å². The van der Waals surface area contributed by atoms with E-state index < -0.39 is 0 Å². The molecule has 0 spiro atoms. The van der Waals surface area contributed by atoms with E-state index >= 15 is 0 Å². The van der Waals surface area contributed by atoms with Crippen molar-refractivity contribution in [1.29, 1.82) is 0 Å². The highest BCUT2D eigenvalue weighted by Crippen LogP contribution is 2.15. The maximum atomic E-state index is 12.9. The van der Waals surface area contributed by atoms with Gasteiger partial charge in [0.1, 0.15) is 5.82 Å². The van der Waals surface area contributed by atoms with Crippen LogP contribution in [0.4, 0.5) is 4.39 Å². The van der Waals surface area contributed by atoms with Gasteiger partial charge in [-0.1, -0.05) is 6.07 Å². The summed E-state index contributed by atoms with van der Waals surface area (Å²) in [6.07, 6.45) is 1.69. The third kappa shape index (κ3) is 1.62. The summed E-state index contributed by atoms with van der Waals surface area (Å²) >= 11 is 0. The van der Waals surface area contributed by atoms with Crippen LogP contribution in [0.1, 0.15) is 5.69 Å². The van der Waals surface area contributed by atoms with Crippen LogP contribution < -0.4 is 0 Å². The summed E-state index contributed by atoms with van der Waals surface area (Å²) in [7, 11) is 0. The van der Waals surface area contributed by atoms with Gasteiger partial charge in [-0.2, -0.15) is 0 Å². The molecule has 0 aromatic carbocycles. The molecule has 2 aromatic heterocycles. The Bertz CT molecular complexity index is 440. The van der Waals surface area contributed by atoms with Crippen LogP contribution in [0.15, 0.2) is 36.5 Å². The summed E-state index contributed by atoms with van der Waals surface area (Å²) in [6.45, 7) is 1.64. The van der Waals surface area contributed by atoms with E-state index in [4.69, 9.17) is 0 Å².